The second kappa shape index (κ2) is 8.43. The van der Waals surface area contributed by atoms with E-state index in [4.69, 9.17) is 5.73 Å². The summed E-state index contributed by atoms with van der Waals surface area (Å²) in [6.07, 6.45) is 3.86. The van der Waals surface area contributed by atoms with E-state index in [1.807, 2.05) is 18.0 Å². The van der Waals surface area contributed by atoms with Gasteiger partial charge in [0.05, 0.1) is 28.7 Å². The third-order valence-electron chi connectivity index (χ3n) is 4.98. The molecule has 0 bridgehead atoms. The predicted octanol–water partition coefficient (Wildman–Crippen LogP) is 2.44. The first-order valence-electron chi connectivity index (χ1n) is 9.13. The molecule has 25 heavy (non-hydrogen) atoms. The number of aliphatic hydroxyl groups excluding tert-OH is 1. The van der Waals surface area contributed by atoms with E-state index in [0.717, 1.165) is 43.0 Å². The Hall–Kier alpha value is -1.95. The Bertz CT molecular complexity index is 595. The topological polar surface area (TPSA) is 90.6 Å². The molecular formula is C19H32N4O2. The van der Waals surface area contributed by atoms with Crippen LogP contribution in [-0.2, 0) is 0 Å². The summed E-state index contributed by atoms with van der Waals surface area (Å²) in [5.41, 5.74) is 8.71. The molecule has 1 aromatic carbocycles. The molecule has 0 saturated heterocycles. The van der Waals surface area contributed by atoms with Gasteiger partial charge in [-0.15, -0.1) is 0 Å². The summed E-state index contributed by atoms with van der Waals surface area (Å²) in [7, 11) is 3.67. The highest BCUT2D eigenvalue weighted by Crippen LogP contribution is 2.30. The Labute approximate surface area is 150 Å². The molecule has 1 aliphatic carbocycles. The van der Waals surface area contributed by atoms with Gasteiger partial charge < -0.3 is 26.4 Å². The van der Waals surface area contributed by atoms with Gasteiger partial charge in [-0.25, -0.2) is 0 Å². The van der Waals surface area contributed by atoms with Gasteiger partial charge in [-0.05, 0) is 50.7 Å². The van der Waals surface area contributed by atoms with Crippen LogP contribution >= 0.6 is 0 Å². The lowest BCUT2D eigenvalue weighted by molar-refractivity contribution is 0.0923. The minimum atomic E-state index is -0.490. The average molecular weight is 348 g/mol. The van der Waals surface area contributed by atoms with Gasteiger partial charge in [-0.2, -0.15) is 0 Å². The van der Waals surface area contributed by atoms with Crippen LogP contribution in [0.5, 0.6) is 0 Å². The van der Waals surface area contributed by atoms with Crippen LogP contribution in [0, 0.1) is 5.92 Å². The maximum atomic E-state index is 12.9. The number of rotatable bonds is 6. The lowest BCUT2D eigenvalue weighted by Gasteiger charge is -2.29. The number of hydrogen-bond donors (Lipinski definition) is 4. The molecule has 0 heterocycles. The van der Waals surface area contributed by atoms with Gasteiger partial charge in [0.2, 0.25) is 0 Å². The van der Waals surface area contributed by atoms with E-state index in [0.29, 0.717) is 17.8 Å². The Morgan fingerprint density at radius 1 is 1.36 bits per heavy atom. The molecule has 140 valence electrons. The number of nitrogens with zero attached hydrogens (tertiary/aromatic N) is 1. The predicted molar refractivity (Wildman–Crippen MR) is 104 cm³/mol. The largest absolute Gasteiger partial charge is 0.397 e. The number of anilines is 3. The first-order chi connectivity index (χ1) is 11.8. The zero-order valence-electron chi connectivity index (χ0n) is 15.8. The van der Waals surface area contributed by atoms with Crippen molar-refractivity contribution in [1.82, 2.24) is 5.32 Å². The SMILES string of the molecule is CNc1cc(N(C)CC(C)O)c(C(=O)N[C@H]2CC[C@H](C)CC2)cc1N. The van der Waals surface area contributed by atoms with Gasteiger partial charge in [-0.3, -0.25) is 4.79 Å². The monoisotopic (exact) mass is 348 g/mol. The number of likely N-dealkylation sites (N-methyl/N-ethyl adjacent to an activating group) is 1. The van der Waals surface area contributed by atoms with Crippen LogP contribution in [0.4, 0.5) is 17.1 Å². The van der Waals surface area contributed by atoms with Crippen molar-refractivity contribution >= 4 is 23.0 Å². The maximum Gasteiger partial charge on any atom is 0.253 e. The fourth-order valence-corrected chi connectivity index (χ4v) is 3.48. The molecule has 1 aromatic rings. The van der Waals surface area contributed by atoms with E-state index in [9.17, 15) is 9.90 Å². The zero-order chi connectivity index (χ0) is 18.6. The fraction of sp³-hybridized carbons (Fsp3) is 0.632. The number of aliphatic hydroxyl groups is 1. The van der Waals surface area contributed by atoms with E-state index in [1.165, 1.54) is 0 Å². The number of nitrogens with one attached hydrogen (secondary N) is 2. The first-order valence-corrected chi connectivity index (χ1v) is 9.13. The number of carbonyl (C=O) groups is 1. The Morgan fingerprint density at radius 2 is 2.00 bits per heavy atom. The van der Waals surface area contributed by atoms with E-state index in [1.54, 1.807) is 20.0 Å². The van der Waals surface area contributed by atoms with Gasteiger partial charge in [-0.1, -0.05) is 6.92 Å². The second-order valence-electron chi connectivity index (χ2n) is 7.37. The number of carbonyl (C=O) groups excluding carboxylic acids is 1. The molecule has 1 saturated carbocycles. The third kappa shape index (κ3) is 5.01. The Kier molecular flexibility index (Phi) is 6.53. The van der Waals surface area contributed by atoms with Crippen LogP contribution in [-0.4, -0.2) is 43.8 Å². The number of nitrogens with two attached hydrogens (primary N) is 1. The van der Waals surface area contributed by atoms with Crippen molar-refractivity contribution in [2.45, 2.75) is 51.7 Å². The van der Waals surface area contributed by atoms with Crippen molar-refractivity contribution in [2.75, 3.05) is 36.6 Å². The van der Waals surface area contributed by atoms with Crippen LogP contribution in [0.25, 0.3) is 0 Å². The van der Waals surface area contributed by atoms with Crippen LogP contribution in [0.2, 0.25) is 0 Å². The van der Waals surface area contributed by atoms with Gasteiger partial charge in [0.25, 0.3) is 5.91 Å². The number of nitrogen functional groups attached to an aromatic ring is 1. The zero-order valence-corrected chi connectivity index (χ0v) is 15.8. The standard InChI is InChI=1S/C19H32N4O2/c1-12-5-7-14(8-6-12)22-19(25)15-9-16(20)17(21-3)10-18(15)23(4)11-13(2)24/h9-10,12-14,21,24H,5-8,11,20H2,1-4H3,(H,22,25)/t12-,13?,14-. The van der Waals surface area contributed by atoms with Crippen LogP contribution in [0.15, 0.2) is 12.1 Å². The number of benzene rings is 1. The summed E-state index contributed by atoms with van der Waals surface area (Å²) in [6, 6.07) is 3.82. The Morgan fingerprint density at radius 3 is 2.56 bits per heavy atom. The lowest BCUT2D eigenvalue weighted by atomic mass is 9.87. The first kappa shape index (κ1) is 19.4. The van der Waals surface area contributed by atoms with E-state index in [2.05, 4.69) is 17.6 Å². The molecular weight excluding hydrogens is 316 g/mol. The smallest absolute Gasteiger partial charge is 0.253 e. The maximum absolute atomic E-state index is 12.9. The summed E-state index contributed by atoms with van der Waals surface area (Å²) in [5, 5.41) is 15.9. The average Bonchev–Trinajstić information content (AvgIpc) is 2.55. The number of hydrogen-bond acceptors (Lipinski definition) is 5. The molecule has 1 atom stereocenters. The highest BCUT2D eigenvalue weighted by Gasteiger charge is 2.23. The second-order valence-corrected chi connectivity index (χ2v) is 7.37. The number of amides is 1. The molecule has 0 radical (unpaired) electrons. The molecule has 5 N–H and O–H groups in total. The molecule has 0 aromatic heterocycles. The fourth-order valence-electron chi connectivity index (χ4n) is 3.48. The van der Waals surface area contributed by atoms with E-state index >= 15 is 0 Å². The van der Waals surface area contributed by atoms with Crippen LogP contribution in [0.1, 0.15) is 49.9 Å². The molecule has 6 heteroatoms. The molecule has 0 aliphatic heterocycles. The summed E-state index contributed by atoms with van der Waals surface area (Å²) in [5.74, 6) is 0.646. The van der Waals surface area contributed by atoms with Gasteiger partial charge in [0, 0.05) is 26.7 Å². The summed E-state index contributed by atoms with van der Waals surface area (Å²) in [4.78, 5) is 14.8. The van der Waals surface area contributed by atoms with Crippen molar-refractivity contribution in [3.8, 4) is 0 Å². The van der Waals surface area contributed by atoms with Crippen molar-refractivity contribution in [3.05, 3.63) is 17.7 Å². The summed E-state index contributed by atoms with van der Waals surface area (Å²) in [6.45, 7) is 4.43. The molecule has 1 fully saturated rings. The normalized spacial score (nSPS) is 21.5. The molecule has 2 rings (SSSR count). The van der Waals surface area contributed by atoms with Crippen LogP contribution in [0.3, 0.4) is 0 Å². The van der Waals surface area contributed by atoms with Crippen molar-refractivity contribution in [3.63, 3.8) is 0 Å². The highest BCUT2D eigenvalue weighted by molar-refractivity contribution is 6.02. The minimum Gasteiger partial charge on any atom is -0.397 e. The summed E-state index contributed by atoms with van der Waals surface area (Å²) >= 11 is 0. The van der Waals surface area contributed by atoms with E-state index < -0.39 is 6.10 Å². The molecule has 1 amide bonds. The molecule has 0 spiro atoms. The van der Waals surface area contributed by atoms with Gasteiger partial charge in [0.15, 0.2) is 0 Å². The molecule has 6 nitrogen and oxygen atoms in total. The minimum absolute atomic E-state index is 0.0960. The Balaban J connectivity index is 2.24. The van der Waals surface area contributed by atoms with Crippen molar-refractivity contribution in [1.29, 1.82) is 0 Å². The quantitative estimate of drug-likeness (QED) is 0.593. The molecule has 1 aliphatic rings. The lowest BCUT2D eigenvalue weighted by Crippen LogP contribution is -2.38. The van der Waals surface area contributed by atoms with Crippen molar-refractivity contribution < 1.29 is 9.90 Å². The van der Waals surface area contributed by atoms with Gasteiger partial charge in [0.1, 0.15) is 0 Å². The third-order valence-corrected chi connectivity index (χ3v) is 4.98. The van der Waals surface area contributed by atoms with E-state index in [-0.39, 0.29) is 11.9 Å². The van der Waals surface area contributed by atoms with Crippen LogP contribution < -0.4 is 21.3 Å². The van der Waals surface area contributed by atoms with Crippen molar-refractivity contribution in [2.24, 2.45) is 5.92 Å². The molecule has 1 unspecified atom stereocenters. The highest BCUT2D eigenvalue weighted by atomic mass is 16.3. The summed E-state index contributed by atoms with van der Waals surface area (Å²) < 4.78 is 0. The van der Waals surface area contributed by atoms with Gasteiger partial charge >= 0.3 is 0 Å².